The van der Waals surface area contributed by atoms with Gasteiger partial charge in [-0.25, -0.2) is 0 Å². The summed E-state index contributed by atoms with van der Waals surface area (Å²) < 4.78 is 13.6. The molecule has 1 unspecified atom stereocenters. The Morgan fingerprint density at radius 3 is 1.53 bits per heavy atom. The molecule has 0 saturated carbocycles. The van der Waals surface area contributed by atoms with Crippen LogP contribution in [0.5, 0.6) is 0 Å². The maximum atomic E-state index is 7.11. The molecule has 0 aliphatic heterocycles. The van der Waals surface area contributed by atoms with Crippen molar-refractivity contribution in [2.45, 2.75) is 150 Å². The Hall–Kier alpha value is 0.932. The standard InChI is InChI=1S/C14H31OSi2.3C4H9.Sn/c1-13(11-10-12-16(5,6)7)15-17(8,9)14(2,3)4;3*1-3-4-2;/h10,13H,12H2,1-9H3;3*1,3-4H2,2H3;. The van der Waals surface area contributed by atoms with Gasteiger partial charge in [0.15, 0.2) is 0 Å². The monoisotopic (exact) mass is 562 g/mol. The molecule has 30 heavy (non-hydrogen) atoms. The average Bonchev–Trinajstić information content (AvgIpc) is 2.60. The molecule has 0 amide bonds. The molecule has 1 nitrogen and oxygen atoms in total. The number of unbranched alkanes of at least 4 members (excludes halogenated alkanes) is 3. The molecule has 0 aromatic carbocycles. The molecule has 1 atom stereocenters. The molecule has 0 aromatic rings. The van der Waals surface area contributed by atoms with E-state index < -0.39 is 34.8 Å². The maximum absolute atomic E-state index is 7.11. The van der Waals surface area contributed by atoms with E-state index in [1.807, 2.05) is 3.59 Å². The molecule has 4 heteroatoms. The first-order valence-corrected chi connectivity index (χ1v) is 27.1. The molecular weight excluding hydrogens is 503 g/mol. The number of allylic oxidation sites excluding steroid dienone is 1. The van der Waals surface area contributed by atoms with Crippen LogP contribution >= 0.6 is 0 Å². The van der Waals surface area contributed by atoms with Crippen LogP contribution in [0.25, 0.3) is 0 Å². The van der Waals surface area contributed by atoms with Gasteiger partial charge < -0.3 is 0 Å². The normalized spacial score (nSPS) is 15.5. The van der Waals surface area contributed by atoms with Crippen LogP contribution in [0.2, 0.25) is 57.1 Å². The fraction of sp³-hybridized carbons (Fsp3) is 0.923. The summed E-state index contributed by atoms with van der Waals surface area (Å²) in [5, 5.41) is 0.277. The summed E-state index contributed by atoms with van der Waals surface area (Å²) >= 11 is -2.48. The predicted octanol–water partition coefficient (Wildman–Crippen LogP) is 10.0. The molecular formula is C26H58OSi2Sn. The van der Waals surface area contributed by atoms with Gasteiger partial charge in [0.2, 0.25) is 0 Å². The van der Waals surface area contributed by atoms with Crippen molar-refractivity contribution in [2.75, 3.05) is 0 Å². The van der Waals surface area contributed by atoms with Gasteiger partial charge >= 0.3 is 199 Å². The van der Waals surface area contributed by atoms with Crippen molar-refractivity contribution in [1.29, 1.82) is 0 Å². The zero-order valence-electron chi connectivity index (χ0n) is 23.1. The first kappa shape index (κ1) is 30.9. The molecule has 0 bridgehead atoms. The van der Waals surface area contributed by atoms with Crippen molar-refractivity contribution in [3.05, 3.63) is 9.67 Å². The first-order chi connectivity index (χ1) is 13.7. The predicted molar refractivity (Wildman–Crippen MR) is 149 cm³/mol. The molecule has 0 aromatic heterocycles. The number of rotatable bonds is 15. The summed E-state index contributed by atoms with van der Waals surface area (Å²) in [4.78, 5) is 0. The molecule has 0 fully saturated rings. The van der Waals surface area contributed by atoms with E-state index in [-0.39, 0.29) is 5.04 Å². The van der Waals surface area contributed by atoms with Gasteiger partial charge in [-0.3, -0.25) is 0 Å². The SMILES string of the molecule is CCC[CH2][Sn]([CH2]CCC)([CH2]CCC)/[C](=C\C[Si](C)(C)C)C(C)O[Si](C)(C)C(C)(C)C. The molecule has 0 N–H and O–H groups in total. The Labute approximate surface area is 198 Å². The minimum absolute atomic E-state index is 0.277. The molecule has 0 rings (SSSR count). The van der Waals surface area contributed by atoms with E-state index in [2.05, 4.69) is 87.3 Å². The van der Waals surface area contributed by atoms with Crippen molar-refractivity contribution in [1.82, 2.24) is 0 Å². The van der Waals surface area contributed by atoms with Crippen molar-refractivity contribution >= 4 is 34.8 Å². The summed E-state index contributed by atoms with van der Waals surface area (Å²) in [6.07, 6.45) is 11.4. The Morgan fingerprint density at radius 1 is 0.833 bits per heavy atom. The molecule has 180 valence electrons. The van der Waals surface area contributed by atoms with E-state index in [1.165, 1.54) is 44.6 Å². The first-order valence-electron chi connectivity index (χ1n) is 13.0. The van der Waals surface area contributed by atoms with E-state index in [9.17, 15) is 0 Å². The summed E-state index contributed by atoms with van der Waals surface area (Å²) in [7, 11) is -2.89. The van der Waals surface area contributed by atoms with Gasteiger partial charge in [-0.1, -0.05) is 0 Å². The Kier molecular flexibility index (Phi) is 14.0. The zero-order chi connectivity index (χ0) is 23.6. The van der Waals surface area contributed by atoms with Crippen LogP contribution in [0.3, 0.4) is 0 Å². The molecule has 0 saturated heterocycles. The second-order valence-corrected chi connectivity index (χ2v) is 36.1. The fourth-order valence-electron chi connectivity index (χ4n) is 4.27. The van der Waals surface area contributed by atoms with Crippen LogP contribution in [-0.4, -0.2) is 40.9 Å². The second-order valence-electron chi connectivity index (χ2n) is 12.5. The Morgan fingerprint density at radius 2 is 1.23 bits per heavy atom. The average molecular weight is 562 g/mol. The van der Waals surface area contributed by atoms with Gasteiger partial charge in [-0.05, 0) is 0 Å². The molecule has 0 heterocycles. The summed E-state index contributed by atoms with van der Waals surface area (Å²) in [6.45, 7) is 29.2. The van der Waals surface area contributed by atoms with Gasteiger partial charge in [-0.15, -0.1) is 0 Å². The summed E-state index contributed by atoms with van der Waals surface area (Å²) in [5.74, 6) is 0. The van der Waals surface area contributed by atoms with Crippen LogP contribution in [0, 0.1) is 0 Å². The van der Waals surface area contributed by atoms with Gasteiger partial charge in [0.25, 0.3) is 0 Å². The van der Waals surface area contributed by atoms with Crippen LogP contribution in [0.15, 0.2) is 9.67 Å². The van der Waals surface area contributed by atoms with Crippen molar-refractivity contribution in [2.24, 2.45) is 0 Å². The quantitative estimate of drug-likeness (QED) is 0.181. The van der Waals surface area contributed by atoms with E-state index in [1.54, 1.807) is 13.3 Å². The van der Waals surface area contributed by atoms with E-state index in [0.717, 1.165) is 0 Å². The summed E-state index contributed by atoms with van der Waals surface area (Å²) in [5.41, 5.74) is 0. The van der Waals surface area contributed by atoms with Crippen LogP contribution in [0.1, 0.15) is 87.0 Å². The molecule has 0 aliphatic carbocycles. The van der Waals surface area contributed by atoms with Gasteiger partial charge in [-0.2, -0.15) is 0 Å². The summed E-state index contributed by atoms with van der Waals surface area (Å²) in [6, 6.07) is 1.33. The number of hydrogen-bond donors (Lipinski definition) is 0. The van der Waals surface area contributed by atoms with E-state index in [4.69, 9.17) is 4.43 Å². The third-order valence-corrected chi connectivity index (χ3v) is 29.7. The Balaban J connectivity index is 6.31. The van der Waals surface area contributed by atoms with Gasteiger partial charge in [0, 0.05) is 0 Å². The van der Waals surface area contributed by atoms with Gasteiger partial charge in [0.1, 0.15) is 0 Å². The second kappa shape index (κ2) is 13.6. The third kappa shape index (κ3) is 10.7. The van der Waals surface area contributed by atoms with E-state index in [0.29, 0.717) is 6.10 Å². The van der Waals surface area contributed by atoms with Crippen LogP contribution in [-0.2, 0) is 4.43 Å². The van der Waals surface area contributed by atoms with E-state index >= 15 is 0 Å². The molecule has 0 radical (unpaired) electrons. The van der Waals surface area contributed by atoms with Crippen LogP contribution in [0.4, 0.5) is 0 Å². The Bertz CT molecular complexity index is 478. The third-order valence-electron chi connectivity index (χ3n) is 7.29. The number of hydrogen-bond acceptors (Lipinski definition) is 1. The fourth-order valence-corrected chi connectivity index (χ4v) is 25.0. The van der Waals surface area contributed by atoms with Gasteiger partial charge in [0.05, 0.1) is 0 Å². The minimum atomic E-state index is -2.48. The van der Waals surface area contributed by atoms with Crippen molar-refractivity contribution in [3.63, 3.8) is 0 Å². The van der Waals surface area contributed by atoms with Crippen molar-refractivity contribution < 1.29 is 4.43 Å². The molecule has 0 aliphatic rings. The topological polar surface area (TPSA) is 9.23 Å². The zero-order valence-corrected chi connectivity index (χ0v) is 28.0. The van der Waals surface area contributed by atoms with Crippen molar-refractivity contribution in [3.8, 4) is 0 Å². The molecule has 0 spiro atoms. The van der Waals surface area contributed by atoms with Crippen LogP contribution < -0.4 is 0 Å².